The van der Waals surface area contributed by atoms with Crippen molar-refractivity contribution in [3.8, 4) is 0 Å². The first-order valence-corrected chi connectivity index (χ1v) is 2.53. The number of rotatable bonds is 1. The van der Waals surface area contributed by atoms with Gasteiger partial charge in [0.2, 0.25) is 0 Å². The van der Waals surface area contributed by atoms with Gasteiger partial charge in [-0.05, 0) is 6.92 Å². The van der Waals surface area contributed by atoms with Gasteiger partial charge in [-0.2, -0.15) is 0 Å². The molecule has 0 atom stereocenters. The molecule has 0 saturated carbocycles. The number of allylic oxidation sites excluding steroid dienone is 3. The van der Waals surface area contributed by atoms with Crippen molar-refractivity contribution in [1.82, 2.24) is 0 Å². The van der Waals surface area contributed by atoms with Gasteiger partial charge in [-0.1, -0.05) is 34.7 Å². The van der Waals surface area contributed by atoms with Crippen LogP contribution in [0.5, 0.6) is 0 Å². The monoisotopic (exact) mass is 146 g/mol. The molecule has 34 valence electrons. The molecule has 0 bridgehead atoms. The average molecular weight is 147 g/mol. The minimum Gasteiger partial charge on any atom is -0.0866 e. The van der Waals surface area contributed by atoms with Crippen LogP contribution in [-0.4, -0.2) is 0 Å². The Kier molecular flexibility index (Phi) is 3.14. The summed E-state index contributed by atoms with van der Waals surface area (Å²) in [6, 6.07) is 0. The van der Waals surface area contributed by atoms with Gasteiger partial charge in [0.15, 0.2) is 0 Å². The van der Waals surface area contributed by atoms with Gasteiger partial charge in [0.05, 0.1) is 0 Å². The molecule has 0 aromatic rings. The molecular formula is C5H7Br. The van der Waals surface area contributed by atoms with Gasteiger partial charge < -0.3 is 0 Å². The van der Waals surface area contributed by atoms with E-state index in [-0.39, 0.29) is 0 Å². The Hall–Kier alpha value is -0.0400. The van der Waals surface area contributed by atoms with E-state index in [2.05, 4.69) is 22.5 Å². The second-order valence-corrected chi connectivity index (χ2v) is 1.97. The summed E-state index contributed by atoms with van der Waals surface area (Å²) in [4.78, 5) is 0. The van der Waals surface area contributed by atoms with E-state index >= 15 is 0 Å². The molecule has 0 saturated heterocycles. The molecule has 6 heavy (non-hydrogen) atoms. The van der Waals surface area contributed by atoms with E-state index < -0.39 is 0 Å². The summed E-state index contributed by atoms with van der Waals surface area (Å²) in [5.41, 5.74) is 0. The molecule has 0 aromatic carbocycles. The fourth-order valence-electron chi connectivity index (χ4n) is 0.181. The van der Waals surface area contributed by atoms with Crippen LogP contribution in [0.3, 0.4) is 0 Å². The summed E-state index contributed by atoms with van der Waals surface area (Å²) >= 11 is 3.15. The molecule has 0 heterocycles. The van der Waals surface area contributed by atoms with Crippen molar-refractivity contribution in [2.75, 3.05) is 0 Å². The number of hydrogen-bond acceptors (Lipinski definition) is 0. The maximum absolute atomic E-state index is 3.57. The van der Waals surface area contributed by atoms with E-state index in [0.717, 1.165) is 4.48 Å². The second-order valence-electron chi connectivity index (χ2n) is 0.947. The minimum absolute atomic E-state index is 0.921. The normalized spacial score (nSPS) is 9.67. The van der Waals surface area contributed by atoms with Crippen LogP contribution >= 0.6 is 15.9 Å². The molecule has 1 heteroatoms. The van der Waals surface area contributed by atoms with Crippen molar-refractivity contribution in [3.63, 3.8) is 0 Å². The first kappa shape index (κ1) is 5.96. The van der Waals surface area contributed by atoms with Crippen molar-refractivity contribution in [2.24, 2.45) is 0 Å². The van der Waals surface area contributed by atoms with Gasteiger partial charge in [0.1, 0.15) is 0 Å². The predicted octanol–water partition coefficient (Wildman–Crippen LogP) is 2.47. The summed E-state index contributed by atoms with van der Waals surface area (Å²) in [6.45, 7) is 5.53. The van der Waals surface area contributed by atoms with Crippen LogP contribution in [0, 0.1) is 0 Å². The van der Waals surface area contributed by atoms with Crippen LogP contribution in [0.15, 0.2) is 23.2 Å². The Bertz CT molecular complexity index is 72.0. The molecular weight excluding hydrogens is 140 g/mol. The van der Waals surface area contributed by atoms with Gasteiger partial charge in [0.25, 0.3) is 0 Å². The van der Waals surface area contributed by atoms with E-state index in [9.17, 15) is 0 Å². The summed E-state index contributed by atoms with van der Waals surface area (Å²) < 4.78 is 0.921. The largest absolute Gasteiger partial charge is 0.0866 e. The Labute approximate surface area is 46.7 Å². The van der Waals surface area contributed by atoms with Gasteiger partial charge in [-0.25, -0.2) is 0 Å². The maximum atomic E-state index is 3.57. The van der Waals surface area contributed by atoms with Crippen molar-refractivity contribution >= 4 is 15.9 Å². The van der Waals surface area contributed by atoms with E-state index in [1.165, 1.54) is 0 Å². The van der Waals surface area contributed by atoms with E-state index in [0.29, 0.717) is 0 Å². The SMILES string of the molecule is C=C(Br)/C=C\C. The Morgan fingerprint density at radius 2 is 2.33 bits per heavy atom. The van der Waals surface area contributed by atoms with Crippen LogP contribution in [0.2, 0.25) is 0 Å². The van der Waals surface area contributed by atoms with Gasteiger partial charge in [-0.15, -0.1) is 0 Å². The first-order valence-electron chi connectivity index (χ1n) is 1.74. The molecule has 0 aromatic heterocycles. The molecule has 0 rings (SSSR count). The van der Waals surface area contributed by atoms with Gasteiger partial charge in [-0.3, -0.25) is 0 Å². The summed E-state index contributed by atoms with van der Waals surface area (Å²) in [7, 11) is 0. The first-order chi connectivity index (χ1) is 2.77. The molecule has 0 radical (unpaired) electrons. The molecule has 0 aliphatic rings. The lowest BCUT2D eigenvalue weighted by Crippen LogP contribution is -1.47. The molecule has 0 fully saturated rings. The lowest BCUT2D eigenvalue weighted by molar-refractivity contribution is 1.73. The third-order valence-corrected chi connectivity index (χ3v) is 0.612. The van der Waals surface area contributed by atoms with Crippen molar-refractivity contribution in [1.29, 1.82) is 0 Å². The highest BCUT2D eigenvalue weighted by atomic mass is 79.9. The molecule has 0 aliphatic heterocycles. The van der Waals surface area contributed by atoms with Crippen molar-refractivity contribution in [3.05, 3.63) is 23.2 Å². The molecule has 0 spiro atoms. The van der Waals surface area contributed by atoms with Crippen LogP contribution in [0.4, 0.5) is 0 Å². The highest BCUT2D eigenvalue weighted by molar-refractivity contribution is 9.11. The van der Waals surface area contributed by atoms with Crippen LogP contribution in [-0.2, 0) is 0 Å². The average Bonchev–Trinajstić information content (AvgIpc) is 1.35. The Morgan fingerprint density at radius 3 is 2.33 bits per heavy atom. The van der Waals surface area contributed by atoms with Gasteiger partial charge in [0, 0.05) is 4.48 Å². The highest BCUT2D eigenvalue weighted by Gasteiger charge is 1.66. The molecule has 0 aliphatic carbocycles. The van der Waals surface area contributed by atoms with Crippen LogP contribution in [0.25, 0.3) is 0 Å². The second kappa shape index (κ2) is 3.16. The molecule has 0 amide bonds. The maximum Gasteiger partial charge on any atom is 0.00996 e. The zero-order valence-electron chi connectivity index (χ0n) is 3.74. The number of hydrogen-bond donors (Lipinski definition) is 0. The standard InChI is InChI=1S/C5H7Br/c1-3-4-5(2)6/h3-4H,2H2,1H3/b4-3-. The topological polar surface area (TPSA) is 0 Å². The Balaban J connectivity index is 3.30. The van der Waals surface area contributed by atoms with E-state index in [1.54, 1.807) is 0 Å². The fraction of sp³-hybridized carbons (Fsp3) is 0.200. The van der Waals surface area contributed by atoms with Crippen LogP contribution in [0.1, 0.15) is 6.92 Å². The molecule has 0 unspecified atom stereocenters. The third kappa shape index (κ3) is 3.96. The quantitative estimate of drug-likeness (QED) is 0.499. The summed E-state index contributed by atoms with van der Waals surface area (Å²) in [5.74, 6) is 0. The third-order valence-electron chi connectivity index (χ3n) is 0.348. The summed E-state index contributed by atoms with van der Waals surface area (Å²) in [6.07, 6.45) is 3.82. The van der Waals surface area contributed by atoms with Crippen LogP contribution < -0.4 is 0 Å². The predicted molar refractivity (Wildman–Crippen MR) is 32.9 cm³/mol. The zero-order chi connectivity index (χ0) is 4.99. The smallest absolute Gasteiger partial charge is 0.00996 e. The zero-order valence-corrected chi connectivity index (χ0v) is 5.33. The minimum atomic E-state index is 0.921. The Morgan fingerprint density at radius 1 is 1.83 bits per heavy atom. The van der Waals surface area contributed by atoms with E-state index in [4.69, 9.17) is 0 Å². The molecule has 0 nitrogen and oxygen atoms in total. The van der Waals surface area contributed by atoms with E-state index in [1.807, 2.05) is 19.1 Å². The fourth-order valence-corrected chi connectivity index (χ4v) is 0.445. The lowest BCUT2D eigenvalue weighted by atomic mass is 10.5. The highest BCUT2D eigenvalue weighted by Crippen LogP contribution is 1.99. The number of halogens is 1. The van der Waals surface area contributed by atoms with Gasteiger partial charge >= 0.3 is 0 Å². The summed E-state index contributed by atoms with van der Waals surface area (Å²) in [5, 5.41) is 0. The lowest BCUT2D eigenvalue weighted by Gasteiger charge is -1.73. The van der Waals surface area contributed by atoms with Crippen molar-refractivity contribution in [2.45, 2.75) is 6.92 Å². The van der Waals surface area contributed by atoms with Crippen molar-refractivity contribution < 1.29 is 0 Å². The molecule has 0 N–H and O–H groups in total.